The largest absolute Gasteiger partial charge is 0.454 e. The van der Waals surface area contributed by atoms with Crippen LogP contribution in [0.4, 0.5) is 5.69 Å². The Morgan fingerprint density at radius 1 is 0.966 bits per heavy atom. The van der Waals surface area contributed by atoms with Gasteiger partial charge in [0.25, 0.3) is 0 Å². The lowest BCUT2D eigenvalue weighted by molar-refractivity contribution is 0.174. The summed E-state index contributed by atoms with van der Waals surface area (Å²) < 4.78 is 11.1. The maximum atomic E-state index is 6.27. The fourth-order valence-corrected chi connectivity index (χ4v) is 5.01. The molecule has 29 heavy (non-hydrogen) atoms. The third-order valence-electron chi connectivity index (χ3n) is 6.48. The minimum atomic E-state index is 0.259. The molecule has 3 aliphatic rings. The molecule has 0 radical (unpaired) electrons. The summed E-state index contributed by atoms with van der Waals surface area (Å²) in [6, 6.07) is 13.1. The van der Waals surface area contributed by atoms with Crippen LogP contribution in [0.5, 0.6) is 11.5 Å². The molecule has 0 amide bonds. The summed E-state index contributed by atoms with van der Waals surface area (Å²) in [4.78, 5) is 7.56. The van der Waals surface area contributed by atoms with Gasteiger partial charge in [-0.05, 0) is 73.1 Å². The summed E-state index contributed by atoms with van der Waals surface area (Å²) in [6.07, 6.45) is 5.74. The Morgan fingerprint density at radius 2 is 1.79 bits per heavy atom. The minimum absolute atomic E-state index is 0.259. The number of pyridine rings is 1. The van der Waals surface area contributed by atoms with Crippen LogP contribution in [-0.4, -0.2) is 30.9 Å². The normalized spacial score (nSPS) is 20.3. The smallest absolute Gasteiger partial charge is 0.231 e. The first-order valence-corrected chi connectivity index (χ1v) is 10.6. The van der Waals surface area contributed by atoms with Crippen molar-refractivity contribution in [2.75, 3.05) is 24.8 Å². The fourth-order valence-electron chi connectivity index (χ4n) is 5.01. The van der Waals surface area contributed by atoms with Gasteiger partial charge in [0, 0.05) is 30.2 Å². The molecule has 0 bridgehead atoms. The van der Waals surface area contributed by atoms with Crippen molar-refractivity contribution in [2.24, 2.45) is 5.73 Å². The number of hydrogen-bond acceptors (Lipinski definition) is 5. The van der Waals surface area contributed by atoms with Crippen molar-refractivity contribution in [3.63, 3.8) is 0 Å². The van der Waals surface area contributed by atoms with Crippen LogP contribution in [0, 0.1) is 0 Å². The van der Waals surface area contributed by atoms with Crippen LogP contribution >= 0.6 is 0 Å². The Kier molecular flexibility index (Phi) is 3.91. The lowest BCUT2D eigenvalue weighted by atomic mass is 9.91. The molecule has 2 aromatic carbocycles. The summed E-state index contributed by atoms with van der Waals surface area (Å²) in [5.41, 5.74) is 13.8. The molecule has 148 valence electrons. The van der Waals surface area contributed by atoms with Gasteiger partial charge in [0.15, 0.2) is 11.5 Å². The van der Waals surface area contributed by atoms with E-state index in [2.05, 4.69) is 35.2 Å². The average molecular weight is 387 g/mol. The summed E-state index contributed by atoms with van der Waals surface area (Å²) in [5.74, 6) is 1.63. The molecule has 1 saturated heterocycles. The van der Waals surface area contributed by atoms with E-state index in [4.69, 9.17) is 20.2 Å². The maximum Gasteiger partial charge on any atom is 0.231 e. The number of aromatic nitrogens is 1. The molecule has 3 aromatic rings. The van der Waals surface area contributed by atoms with Gasteiger partial charge in [0.1, 0.15) is 0 Å². The molecule has 0 unspecified atom stereocenters. The summed E-state index contributed by atoms with van der Waals surface area (Å²) in [5, 5.41) is 1.25. The van der Waals surface area contributed by atoms with E-state index >= 15 is 0 Å². The number of anilines is 1. The van der Waals surface area contributed by atoms with Crippen molar-refractivity contribution in [3.8, 4) is 22.6 Å². The summed E-state index contributed by atoms with van der Waals surface area (Å²) in [6.45, 7) is 2.26. The number of hydrogen-bond donors (Lipinski definition) is 1. The SMILES string of the molecule is N[C@H]1CCN(c2c3c(nc4ccc(-c5ccc6c(c5)OCO6)cc24)CCCC3)C1. The molecule has 1 aromatic heterocycles. The van der Waals surface area contributed by atoms with Crippen molar-refractivity contribution in [2.45, 2.75) is 38.1 Å². The molecule has 1 atom stereocenters. The van der Waals surface area contributed by atoms with E-state index in [1.165, 1.54) is 40.7 Å². The first-order chi connectivity index (χ1) is 14.3. The predicted octanol–water partition coefficient (Wildman–Crippen LogP) is 4.05. The summed E-state index contributed by atoms with van der Waals surface area (Å²) in [7, 11) is 0. The number of benzene rings is 2. The predicted molar refractivity (Wildman–Crippen MR) is 115 cm³/mol. The molecule has 1 fully saturated rings. The molecule has 1 aliphatic carbocycles. The lowest BCUT2D eigenvalue weighted by Crippen LogP contribution is -2.28. The topological polar surface area (TPSA) is 60.6 Å². The van der Waals surface area contributed by atoms with Crippen molar-refractivity contribution >= 4 is 16.6 Å². The van der Waals surface area contributed by atoms with Crippen molar-refractivity contribution in [1.82, 2.24) is 4.98 Å². The highest BCUT2D eigenvalue weighted by molar-refractivity contribution is 5.97. The highest BCUT2D eigenvalue weighted by atomic mass is 16.7. The van der Waals surface area contributed by atoms with E-state index in [-0.39, 0.29) is 6.04 Å². The number of nitrogens with two attached hydrogens (primary N) is 1. The standard InChI is InChI=1S/C24H25N3O2/c25-17-9-10-27(13-17)24-18-3-1-2-4-20(18)26-21-7-5-15(11-19(21)24)16-6-8-22-23(12-16)29-14-28-22/h5-8,11-12,17H,1-4,9-10,13-14,25H2/t17-/m0/s1. The second-order valence-electron chi connectivity index (χ2n) is 8.39. The van der Waals surface area contributed by atoms with Crippen molar-refractivity contribution in [3.05, 3.63) is 47.7 Å². The molecule has 5 heteroatoms. The second kappa shape index (κ2) is 6.63. The molecule has 0 saturated carbocycles. The Bertz CT molecular complexity index is 1110. The first kappa shape index (κ1) is 17.1. The minimum Gasteiger partial charge on any atom is -0.454 e. The van der Waals surface area contributed by atoms with E-state index in [1.807, 2.05) is 6.07 Å². The van der Waals surface area contributed by atoms with E-state index in [9.17, 15) is 0 Å². The van der Waals surface area contributed by atoms with Crippen LogP contribution in [0.1, 0.15) is 30.5 Å². The second-order valence-corrected chi connectivity index (χ2v) is 8.39. The average Bonchev–Trinajstić information content (AvgIpc) is 3.39. The van der Waals surface area contributed by atoms with Gasteiger partial charge in [0.2, 0.25) is 6.79 Å². The van der Waals surface area contributed by atoms with Gasteiger partial charge in [-0.15, -0.1) is 0 Å². The van der Waals surface area contributed by atoms with Gasteiger partial charge in [0.05, 0.1) is 11.2 Å². The van der Waals surface area contributed by atoms with Crippen LogP contribution in [-0.2, 0) is 12.8 Å². The lowest BCUT2D eigenvalue weighted by Gasteiger charge is -2.28. The van der Waals surface area contributed by atoms with Crippen molar-refractivity contribution < 1.29 is 9.47 Å². The van der Waals surface area contributed by atoms with Crippen molar-refractivity contribution in [1.29, 1.82) is 0 Å². The molecule has 2 N–H and O–H groups in total. The zero-order valence-corrected chi connectivity index (χ0v) is 16.5. The van der Waals surface area contributed by atoms with E-state index < -0.39 is 0 Å². The highest BCUT2D eigenvalue weighted by Gasteiger charge is 2.27. The Balaban J connectivity index is 1.53. The number of aryl methyl sites for hydroxylation is 1. The third kappa shape index (κ3) is 2.84. The van der Waals surface area contributed by atoms with Crippen LogP contribution in [0.25, 0.3) is 22.0 Å². The van der Waals surface area contributed by atoms with Gasteiger partial charge in [-0.25, -0.2) is 0 Å². The number of ether oxygens (including phenoxy) is 2. The van der Waals surface area contributed by atoms with Crippen LogP contribution in [0.2, 0.25) is 0 Å². The monoisotopic (exact) mass is 387 g/mol. The zero-order valence-electron chi connectivity index (χ0n) is 16.5. The molecular weight excluding hydrogens is 362 g/mol. The highest BCUT2D eigenvalue weighted by Crippen LogP contribution is 2.40. The molecule has 2 aliphatic heterocycles. The van der Waals surface area contributed by atoms with Crippen LogP contribution < -0.4 is 20.1 Å². The zero-order chi connectivity index (χ0) is 19.4. The number of rotatable bonds is 2. The molecular formula is C24H25N3O2. The third-order valence-corrected chi connectivity index (χ3v) is 6.48. The fraction of sp³-hybridized carbons (Fsp3) is 0.375. The van der Waals surface area contributed by atoms with Gasteiger partial charge in [-0.1, -0.05) is 12.1 Å². The van der Waals surface area contributed by atoms with Crippen LogP contribution in [0.15, 0.2) is 36.4 Å². The maximum absolute atomic E-state index is 6.27. The Morgan fingerprint density at radius 3 is 2.69 bits per heavy atom. The van der Waals surface area contributed by atoms with Gasteiger partial charge in [-0.3, -0.25) is 4.98 Å². The number of fused-ring (bicyclic) bond motifs is 3. The van der Waals surface area contributed by atoms with E-state index in [1.54, 1.807) is 0 Å². The Labute approximate surface area is 170 Å². The molecule has 0 spiro atoms. The van der Waals surface area contributed by atoms with E-state index in [0.29, 0.717) is 6.79 Å². The van der Waals surface area contributed by atoms with Gasteiger partial charge in [-0.2, -0.15) is 0 Å². The van der Waals surface area contributed by atoms with Crippen LogP contribution in [0.3, 0.4) is 0 Å². The summed E-state index contributed by atoms with van der Waals surface area (Å²) >= 11 is 0. The first-order valence-electron chi connectivity index (χ1n) is 10.6. The van der Waals surface area contributed by atoms with Gasteiger partial charge < -0.3 is 20.1 Å². The van der Waals surface area contributed by atoms with E-state index in [0.717, 1.165) is 54.9 Å². The molecule has 6 rings (SSSR count). The Hall–Kier alpha value is -2.79. The van der Waals surface area contributed by atoms with Gasteiger partial charge >= 0.3 is 0 Å². The number of nitrogens with zero attached hydrogens (tertiary/aromatic N) is 2. The molecule has 5 nitrogen and oxygen atoms in total. The quantitative estimate of drug-likeness (QED) is 0.719. The molecule has 3 heterocycles.